The topological polar surface area (TPSA) is 71.2 Å². The molecule has 0 saturated carbocycles. The molecule has 4 N–H and O–H groups in total. The van der Waals surface area contributed by atoms with E-state index < -0.39 is 0 Å². The maximum absolute atomic E-state index is 8.97. The summed E-state index contributed by atoms with van der Waals surface area (Å²) in [5.41, 5.74) is 10.3. The summed E-state index contributed by atoms with van der Waals surface area (Å²) in [6.07, 6.45) is 1.68. The Bertz CT molecular complexity index is 497. The van der Waals surface area contributed by atoms with Crippen LogP contribution in [0.3, 0.4) is 0 Å². The molecule has 4 nitrogen and oxygen atoms in total. The van der Waals surface area contributed by atoms with Crippen molar-refractivity contribution in [1.82, 2.24) is 4.98 Å². The van der Waals surface area contributed by atoms with Gasteiger partial charge in [0.05, 0.1) is 21.6 Å². The number of hydrogen-bond donors (Lipinski definition) is 3. The van der Waals surface area contributed by atoms with E-state index in [-0.39, 0.29) is 12.6 Å². The number of rotatable bonds is 5. The second-order valence-corrected chi connectivity index (χ2v) is 4.87. The average Bonchev–Trinajstić information content (AvgIpc) is 2.80. The first-order valence-electron chi connectivity index (χ1n) is 5.75. The summed E-state index contributed by atoms with van der Waals surface area (Å²) in [4.78, 5) is 4.26. The van der Waals surface area contributed by atoms with Gasteiger partial charge in [-0.2, -0.15) is 0 Å². The monoisotopic (exact) mass is 251 g/mol. The summed E-state index contributed by atoms with van der Waals surface area (Å²) in [5.74, 6) is 0. The van der Waals surface area contributed by atoms with Crippen LogP contribution < -0.4 is 11.1 Å². The van der Waals surface area contributed by atoms with Gasteiger partial charge in [0.25, 0.3) is 0 Å². The summed E-state index contributed by atoms with van der Waals surface area (Å²) in [5, 5.41) is 12.3. The number of nitrogens with zero attached hydrogens (tertiary/aromatic N) is 1. The molecule has 2 rings (SSSR count). The minimum atomic E-state index is 0.185. The van der Waals surface area contributed by atoms with E-state index >= 15 is 0 Å². The Labute approximate surface area is 104 Å². The highest BCUT2D eigenvalue weighted by Gasteiger charge is 2.10. The van der Waals surface area contributed by atoms with Crippen LogP contribution in [0, 0.1) is 0 Å². The van der Waals surface area contributed by atoms with Gasteiger partial charge >= 0.3 is 0 Å². The summed E-state index contributed by atoms with van der Waals surface area (Å²) < 4.78 is 1.10. The Morgan fingerprint density at radius 3 is 3.06 bits per heavy atom. The fourth-order valence-corrected chi connectivity index (χ4v) is 2.52. The molecular weight excluding hydrogens is 234 g/mol. The van der Waals surface area contributed by atoms with Crippen LogP contribution in [0.2, 0.25) is 0 Å². The average molecular weight is 251 g/mol. The molecule has 1 aromatic heterocycles. The summed E-state index contributed by atoms with van der Waals surface area (Å²) in [6, 6.07) is 4.26. The van der Waals surface area contributed by atoms with Gasteiger partial charge < -0.3 is 16.2 Å². The molecule has 0 aliphatic carbocycles. The molecule has 1 unspecified atom stereocenters. The highest BCUT2D eigenvalue weighted by molar-refractivity contribution is 7.16. The van der Waals surface area contributed by atoms with Gasteiger partial charge in [-0.15, -0.1) is 11.3 Å². The molecule has 17 heavy (non-hydrogen) atoms. The Morgan fingerprint density at radius 2 is 2.35 bits per heavy atom. The minimum Gasteiger partial charge on any atom is -0.396 e. The Balaban J connectivity index is 2.25. The zero-order valence-electron chi connectivity index (χ0n) is 9.81. The Hall–Kier alpha value is -1.33. The van der Waals surface area contributed by atoms with Crippen molar-refractivity contribution < 1.29 is 5.11 Å². The van der Waals surface area contributed by atoms with E-state index in [4.69, 9.17) is 10.8 Å². The van der Waals surface area contributed by atoms with Crippen LogP contribution in [0.25, 0.3) is 10.2 Å². The van der Waals surface area contributed by atoms with E-state index in [1.54, 1.807) is 16.8 Å². The van der Waals surface area contributed by atoms with E-state index in [0.717, 1.165) is 28.7 Å². The summed E-state index contributed by atoms with van der Waals surface area (Å²) >= 11 is 1.59. The van der Waals surface area contributed by atoms with Crippen LogP contribution >= 0.6 is 11.3 Å². The molecule has 0 saturated heterocycles. The summed E-state index contributed by atoms with van der Waals surface area (Å²) in [7, 11) is 0. The van der Waals surface area contributed by atoms with Gasteiger partial charge in [-0.05, 0) is 25.0 Å². The Kier molecular flexibility index (Phi) is 3.81. The van der Waals surface area contributed by atoms with Crippen LogP contribution in [0.4, 0.5) is 11.4 Å². The van der Waals surface area contributed by atoms with E-state index in [0.29, 0.717) is 5.69 Å². The molecule has 0 amide bonds. The first-order chi connectivity index (χ1) is 8.26. The second kappa shape index (κ2) is 5.33. The summed E-state index contributed by atoms with van der Waals surface area (Å²) in [6.45, 7) is 2.27. The van der Waals surface area contributed by atoms with Gasteiger partial charge in [-0.3, -0.25) is 0 Å². The molecule has 0 bridgehead atoms. The lowest BCUT2D eigenvalue weighted by Gasteiger charge is -2.18. The van der Waals surface area contributed by atoms with E-state index in [2.05, 4.69) is 17.2 Å². The van der Waals surface area contributed by atoms with Crippen molar-refractivity contribution in [3.05, 3.63) is 17.6 Å². The number of nitrogen functional groups attached to an aromatic ring is 1. The van der Waals surface area contributed by atoms with Crippen molar-refractivity contribution in [1.29, 1.82) is 0 Å². The lowest BCUT2D eigenvalue weighted by molar-refractivity contribution is 0.278. The van der Waals surface area contributed by atoms with Crippen molar-refractivity contribution in [3.63, 3.8) is 0 Å². The van der Waals surface area contributed by atoms with Crippen molar-refractivity contribution in [3.8, 4) is 0 Å². The van der Waals surface area contributed by atoms with Crippen molar-refractivity contribution in [2.24, 2.45) is 0 Å². The van der Waals surface area contributed by atoms with Gasteiger partial charge in [-0.1, -0.05) is 6.92 Å². The van der Waals surface area contributed by atoms with Crippen LogP contribution in [0.1, 0.15) is 19.8 Å². The van der Waals surface area contributed by atoms with Gasteiger partial charge in [0, 0.05) is 12.6 Å². The number of aliphatic hydroxyl groups excluding tert-OH is 1. The van der Waals surface area contributed by atoms with Crippen LogP contribution in [0.15, 0.2) is 17.6 Å². The number of aromatic nitrogens is 1. The van der Waals surface area contributed by atoms with Crippen LogP contribution in [-0.2, 0) is 0 Å². The fraction of sp³-hybridized carbons (Fsp3) is 0.417. The highest BCUT2D eigenvalue weighted by Crippen LogP contribution is 2.30. The normalized spacial score (nSPS) is 12.8. The third kappa shape index (κ3) is 2.50. The van der Waals surface area contributed by atoms with Gasteiger partial charge in [0.2, 0.25) is 0 Å². The number of thiazole rings is 1. The zero-order valence-corrected chi connectivity index (χ0v) is 10.6. The number of nitrogens with two attached hydrogens (primary N) is 1. The van der Waals surface area contributed by atoms with Crippen molar-refractivity contribution in [2.75, 3.05) is 17.7 Å². The van der Waals surface area contributed by atoms with Crippen molar-refractivity contribution >= 4 is 32.9 Å². The lowest BCUT2D eigenvalue weighted by atomic mass is 10.1. The van der Waals surface area contributed by atoms with E-state index in [1.807, 2.05) is 12.1 Å². The largest absolute Gasteiger partial charge is 0.396 e. The van der Waals surface area contributed by atoms with Gasteiger partial charge in [0.1, 0.15) is 5.52 Å². The first kappa shape index (κ1) is 12.1. The molecule has 0 fully saturated rings. The predicted molar refractivity (Wildman–Crippen MR) is 73.4 cm³/mol. The number of fused-ring (bicyclic) bond motifs is 1. The molecule has 1 aromatic carbocycles. The maximum Gasteiger partial charge on any atom is 0.106 e. The van der Waals surface area contributed by atoms with E-state index in [9.17, 15) is 0 Å². The van der Waals surface area contributed by atoms with Crippen molar-refractivity contribution in [2.45, 2.75) is 25.8 Å². The molecular formula is C12H17N3OS. The number of hydrogen-bond acceptors (Lipinski definition) is 5. The quantitative estimate of drug-likeness (QED) is 0.714. The fourth-order valence-electron chi connectivity index (χ4n) is 1.83. The molecule has 0 aliphatic rings. The number of benzene rings is 1. The SMILES string of the molecule is CCC(CCO)Nc1ccc2scnc2c1N. The van der Waals surface area contributed by atoms with E-state index in [1.165, 1.54) is 0 Å². The number of aliphatic hydroxyl groups is 1. The minimum absolute atomic E-state index is 0.185. The molecule has 1 atom stereocenters. The van der Waals surface area contributed by atoms with Gasteiger partial charge in [0.15, 0.2) is 0 Å². The van der Waals surface area contributed by atoms with Crippen LogP contribution in [0.5, 0.6) is 0 Å². The third-order valence-corrected chi connectivity index (χ3v) is 3.67. The number of nitrogens with one attached hydrogen (secondary N) is 1. The number of anilines is 2. The molecule has 5 heteroatoms. The molecule has 2 aromatic rings. The standard InChI is InChI=1S/C12H17N3OS/c1-2-8(5-6-16)15-9-3-4-10-12(11(9)13)14-7-17-10/h3-4,7-8,15-16H,2,5-6,13H2,1H3. The molecule has 0 aliphatic heterocycles. The highest BCUT2D eigenvalue weighted by atomic mass is 32.1. The molecule has 1 heterocycles. The zero-order chi connectivity index (χ0) is 12.3. The lowest BCUT2D eigenvalue weighted by Crippen LogP contribution is -2.20. The third-order valence-electron chi connectivity index (χ3n) is 2.87. The second-order valence-electron chi connectivity index (χ2n) is 3.99. The Morgan fingerprint density at radius 1 is 1.53 bits per heavy atom. The first-order valence-corrected chi connectivity index (χ1v) is 6.63. The smallest absolute Gasteiger partial charge is 0.106 e. The van der Waals surface area contributed by atoms with Gasteiger partial charge in [-0.25, -0.2) is 4.98 Å². The molecule has 0 spiro atoms. The van der Waals surface area contributed by atoms with Crippen LogP contribution in [-0.4, -0.2) is 22.7 Å². The predicted octanol–water partition coefficient (Wildman–Crippen LogP) is 2.45. The molecule has 0 radical (unpaired) electrons. The maximum atomic E-state index is 8.97. The molecule has 92 valence electrons.